The Morgan fingerprint density at radius 2 is 1.50 bits per heavy atom. The van der Waals surface area contributed by atoms with Crippen LogP contribution in [0.1, 0.15) is 31.1 Å². The second-order valence-corrected chi connectivity index (χ2v) is 6.16. The van der Waals surface area contributed by atoms with Crippen LogP contribution in [0, 0.1) is 5.92 Å². The molecule has 7 heteroatoms. The van der Waals surface area contributed by atoms with Crippen molar-refractivity contribution < 1.29 is 19.1 Å². The van der Waals surface area contributed by atoms with E-state index in [1.165, 1.54) is 0 Å². The molecule has 4 N–H and O–H groups in total. The maximum absolute atomic E-state index is 12.5. The fourth-order valence-electron chi connectivity index (χ4n) is 2.45. The van der Waals surface area contributed by atoms with Gasteiger partial charge >= 0.3 is 0 Å². The summed E-state index contributed by atoms with van der Waals surface area (Å²) in [5, 5.41) is 5.67. The molecule has 150 valence electrons. The molecular formula is C21H27N3O4. The van der Waals surface area contributed by atoms with Crippen LogP contribution in [0.4, 0.5) is 11.4 Å². The van der Waals surface area contributed by atoms with Gasteiger partial charge in [0.1, 0.15) is 11.5 Å². The van der Waals surface area contributed by atoms with Crippen LogP contribution in [0.25, 0.3) is 0 Å². The van der Waals surface area contributed by atoms with Gasteiger partial charge in [-0.05, 0) is 26.0 Å². The van der Waals surface area contributed by atoms with Gasteiger partial charge in [0, 0.05) is 30.2 Å². The Kier molecular flexibility index (Phi) is 7.83. The zero-order chi connectivity index (χ0) is 20.5. The first-order valence-electron chi connectivity index (χ1n) is 9.31. The molecule has 1 atom stereocenters. The van der Waals surface area contributed by atoms with Crippen LogP contribution >= 0.6 is 0 Å². The fraction of sp³-hybridized carbons (Fsp3) is 0.333. The van der Waals surface area contributed by atoms with Crippen molar-refractivity contribution in [1.29, 1.82) is 0 Å². The molecule has 0 heterocycles. The Morgan fingerprint density at radius 1 is 0.964 bits per heavy atom. The van der Waals surface area contributed by atoms with Crippen LogP contribution in [-0.2, 0) is 4.79 Å². The maximum atomic E-state index is 12.5. The third-order valence-corrected chi connectivity index (χ3v) is 4.02. The SMILES string of the molecule is CCOc1cc(NC(=O)C(C)CN)c(OCC)cc1NC(=O)c1ccccc1. The van der Waals surface area contributed by atoms with Crippen molar-refractivity contribution in [2.24, 2.45) is 11.7 Å². The standard InChI is InChI=1S/C21H27N3O4/c1-4-27-18-12-17(24-21(26)15-9-7-6-8-10-15)19(28-5-2)11-16(18)23-20(25)14(3)13-22/h6-12,14H,4-5,13,22H2,1-3H3,(H,23,25)(H,24,26). The van der Waals surface area contributed by atoms with E-state index in [1.807, 2.05) is 19.9 Å². The van der Waals surface area contributed by atoms with E-state index in [0.717, 1.165) is 0 Å². The average molecular weight is 385 g/mol. The smallest absolute Gasteiger partial charge is 0.255 e. The van der Waals surface area contributed by atoms with Crippen LogP contribution in [-0.4, -0.2) is 31.6 Å². The molecule has 0 aliphatic carbocycles. The van der Waals surface area contributed by atoms with Crippen molar-refractivity contribution in [3.63, 3.8) is 0 Å². The highest BCUT2D eigenvalue weighted by Crippen LogP contribution is 2.37. The number of nitrogens with one attached hydrogen (secondary N) is 2. The molecule has 28 heavy (non-hydrogen) atoms. The number of amides is 2. The topological polar surface area (TPSA) is 103 Å². The maximum Gasteiger partial charge on any atom is 0.255 e. The van der Waals surface area contributed by atoms with Crippen molar-refractivity contribution in [3.8, 4) is 11.5 Å². The normalized spacial score (nSPS) is 11.4. The van der Waals surface area contributed by atoms with E-state index in [1.54, 1.807) is 43.3 Å². The van der Waals surface area contributed by atoms with Crippen molar-refractivity contribution in [2.75, 3.05) is 30.4 Å². The Bertz CT molecular complexity index is 809. The second-order valence-electron chi connectivity index (χ2n) is 6.16. The van der Waals surface area contributed by atoms with Crippen molar-refractivity contribution in [2.45, 2.75) is 20.8 Å². The number of nitrogens with two attached hydrogens (primary N) is 1. The number of benzene rings is 2. The first-order valence-corrected chi connectivity index (χ1v) is 9.31. The fourth-order valence-corrected chi connectivity index (χ4v) is 2.45. The number of carbonyl (C=O) groups excluding carboxylic acids is 2. The molecule has 0 aliphatic rings. The summed E-state index contributed by atoms with van der Waals surface area (Å²) in [6.45, 7) is 6.46. The third kappa shape index (κ3) is 5.47. The summed E-state index contributed by atoms with van der Waals surface area (Å²) in [6, 6.07) is 12.2. The molecule has 0 aliphatic heterocycles. The summed E-state index contributed by atoms with van der Waals surface area (Å²) in [7, 11) is 0. The predicted molar refractivity (Wildman–Crippen MR) is 110 cm³/mol. The zero-order valence-electron chi connectivity index (χ0n) is 16.5. The molecule has 0 aromatic heterocycles. The largest absolute Gasteiger partial charge is 0.492 e. The van der Waals surface area contributed by atoms with Crippen molar-refractivity contribution >= 4 is 23.2 Å². The third-order valence-electron chi connectivity index (χ3n) is 4.02. The van der Waals surface area contributed by atoms with Crippen molar-refractivity contribution in [3.05, 3.63) is 48.0 Å². The average Bonchev–Trinajstić information content (AvgIpc) is 2.71. The van der Waals surface area contributed by atoms with Gasteiger partial charge in [-0.15, -0.1) is 0 Å². The van der Waals surface area contributed by atoms with Crippen LogP contribution in [0.2, 0.25) is 0 Å². The molecule has 2 rings (SSSR count). The molecule has 0 saturated heterocycles. The Morgan fingerprint density at radius 3 is 2.00 bits per heavy atom. The van der Waals surface area contributed by atoms with Gasteiger partial charge in [0.05, 0.1) is 24.6 Å². The minimum atomic E-state index is -0.345. The molecular weight excluding hydrogens is 358 g/mol. The molecule has 0 spiro atoms. The predicted octanol–water partition coefficient (Wildman–Crippen LogP) is 3.27. The highest BCUT2D eigenvalue weighted by molar-refractivity contribution is 6.05. The van der Waals surface area contributed by atoms with Crippen LogP contribution in [0.5, 0.6) is 11.5 Å². The summed E-state index contributed by atoms with van der Waals surface area (Å²) < 4.78 is 11.3. The molecule has 0 fully saturated rings. The van der Waals surface area contributed by atoms with Gasteiger partial charge in [-0.25, -0.2) is 0 Å². The second kappa shape index (κ2) is 10.3. The summed E-state index contributed by atoms with van der Waals surface area (Å²) in [5.74, 6) is 0.0461. The van der Waals surface area contributed by atoms with Gasteiger partial charge in [0.15, 0.2) is 0 Å². The molecule has 7 nitrogen and oxygen atoms in total. The van der Waals surface area contributed by atoms with E-state index in [2.05, 4.69) is 10.6 Å². The molecule has 2 aromatic rings. The highest BCUT2D eigenvalue weighted by Gasteiger charge is 2.18. The number of rotatable bonds is 9. The molecule has 2 amide bonds. The number of ether oxygens (including phenoxy) is 2. The lowest BCUT2D eigenvalue weighted by Gasteiger charge is -2.18. The quantitative estimate of drug-likeness (QED) is 0.615. The van der Waals surface area contributed by atoms with E-state index in [4.69, 9.17) is 15.2 Å². The first kappa shape index (κ1) is 21.2. The number of hydrogen-bond acceptors (Lipinski definition) is 5. The Labute approximate surface area is 165 Å². The lowest BCUT2D eigenvalue weighted by Crippen LogP contribution is -2.27. The first-order chi connectivity index (χ1) is 13.5. The summed E-state index contributed by atoms with van der Waals surface area (Å²) in [5.41, 5.74) is 7.02. The molecule has 0 bridgehead atoms. The Hall–Kier alpha value is -3.06. The van der Waals surface area contributed by atoms with Gasteiger partial charge in [0.25, 0.3) is 5.91 Å². The van der Waals surface area contributed by atoms with Gasteiger partial charge in [-0.2, -0.15) is 0 Å². The minimum absolute atomic E-state index is 0.216. The Balaban J connectivity index is 2.37. The number of carbonyl (C=O) groups is 2. The summed E-state index contributed by atoms with van der Waals surface area (Å²) in [6.07, 6.45) is 0. The molecule has 1 unspecified atom stereocenters. The molecule has 0 saturated carbocycles. The van der Waals surface area contributed by atoms with Gasteiger partial charge in [-0.1, -0.05) is 25.1 Å². The van der Waals surface area contributed by atoms with Crippen LogP contribution < -0.4 is 25.8 Å². The van der Waals surface area contributed by atoms with Crippen LogP contribution in [0.3, 0.4) is 0 Å². The lowest BCUT2D eigenvalue weighted by atomic mass is 10.1. The molecule has 2 aromatic carbocycles. The minimum Gasteiger partial charge on any atom is -0.492 e. The number of anilines is 2. The number of hydrogen-bond donors (Lipinski definition) is 3. The summed E-state index contributed by atoms with van der Waals surface area (Å²) in [4.78, 5) is 24.8. The van der Waals surface area contributed by atoms with Gasteiger partial charge in [0.2, 0.25) is 5.91 Å². The zero-order valence-corrected chi connectivity index (χ0v) is 16.5. The van der Waals surface area contributed by atoms with E-state index in [9.17, 15) is 9.59 Å². The van der Waals surface area contributed by atoms with Gasteiger partial charge in [-0.3, -0.25) is 9.59 Å². The van der Waals surface area contributed by atoms with E-state index >= 15 is 0 Å². The highest BCUT2D eigenvalue weighted by atomic mass is 16.5. The summed E-state index contributed by atoms with van der Waals surface area (Å²) >= 11 is 0. The van der Waals surface area contributed by atoms with E-state index in [0.29, 0.717) is 41.7 Å². The van der Waals surface area contributed by atoms with E-state index in [-0.39, 0.29) is 24.3 Å². The van der Waals surface area contributed by atoms with Crippen molar-refractivity contribution in [1.82, 2.24) is 0 Å². The van der Waals surface area contributed by atoms with Crippen LogP contribution in [0.15, 0.2) is 42.5 Å². The monoisotopic (exact) mass is 385 g/mol. The van der Waals surface area contributed by atoms with E-state index < -0.39 is 0 Å². The lowest BCUT2D eigenvalue weighted by molar-refractivity contribution is -0.119. The molecule has 0 radical (unpaired) electrons. The van der Waals surface area contributed by atoms with Gasteiger partial charge < -0.3 is 25.8 Å².